The summed E-state index contributed by atoms with van der Waals surface area (Å²) in [5, 5.41) is 20.6. The van der Waals surface area contributed by atoms with Crippen molar-refractivity contribution in [2.45, 2.75) is 62.2 Å². The first-order valence-electron chi connectivity index (χ1n) is 8.47. The maximum absolute atomic E-state index is 10.3. The average molecular weight is 363 g/mol. The molecule has 2 N–H and O–H groups in total. The molecule has 0 saturated heterocycles. The quantitative estimate of drug-likeness (QED) is 0.524. The van der Waals surface area contributed by atoms with Crippen LogP contribution in [0.4, 0.5) is 0 Å². The fourth-order valence-corrected chi connectivity index (χ4v) is 5.36. The number of benzene rings is 2. The molecule has 2 aromatic rings. The van der Waals surface area contributed by atoms with Gasteiger partial charge in [-0.1, -0.05) is 52.0 Å². The van der Waals surface area contributed by atoms with Gasteiger partial charge in [0, 0.05) is 0 Å². The molecular weight excluding hydrogens is 336 g/mol. The number of hydrogen-bond acceptors (Lipinski definition) is 4. The largest absolute Gasteiger partial charge is 0.507 e. The topological polar surface area (TPSA) is 40.5 Å². The Labute approximate surface area is 153 Å². The smallest absolute Gasteiger partial charge is 0.130 e. The summed E-state index contributed by atoms with van der Waals surface area (Å²) in [4.78, 5) is 1.80. The molecule has 0 amide bonds. The molecule has 0 radical (unpaired) electrons. The third-order valence-electron chi connectivity index (χ3n) is 4.54. The molecule has 4 heteroatoms. The zero-order valence-corrected chi connectivity index (χ0v) is 16.4. The summed E-state index contributed by atoms with van der Waals surface area (Å²) < 4.78 is 0. The van der Waals surface area contributed by atoms with Crippen LogP contribution in [0.25, 0.3) is 0 Å². The van der Waals surface area contributed by atoms with Gasteiger partial charge >= 0.3 is 0 Å². The maximum Gasteiger partial charge on any atom is 0.130 e. The van der Waals surface area contributed by atoms with Gasteiger partial charge in [0.1, 0.15) is 11.5 Å². The van der Waals surface area contributed by atoms with Crippen molar-refractivity contribution in [1.29, 1.82) is 0 Å². The zero-order valence-electron chi connectivity index (χ0n) is 14.7. The Balaban J connectivity index is 2.33. The average Bonchev–Trinajstić information content (AvgIpc) is 2.59. The number of hydrogen-bond donors (Lipinski definition) is 2. The summed E-state index contributed by atoms with van der Waals surface area (Å²) in [6, 6.07) is 11.4. The Bertz CT molecular complexity index is 626. The Hall–Kier alpha value is -1.26. The van der Waals surface area contributed by atoms with Crippen LogP contribution < -0.4 is 0 Å². The number of phenols is 2. The minimum absolute atomic E-state index is 0.311. The Morgan fingerprint density at radius 1 is 0.750 bits per heavy atom. The van der Waals surface area contributed by atoms with E-state index in [1.165, 1.54) is 21.6 Å². The standard InChI is InChI=1S/C20H26O2S2/c1-5-13(3)15-9-7-11-17(21)19(15)23-24-20-16(14(4)6-2)10-8-12-18(20)22/h7-14,21-22H,5-6H2,1-4H3. The lowest BCUT2D eigenvalue weighted by atomic mass is 9.98. The summed E-state index contributed by atoms with van der Waals surface area (Å²) in [7, 11) is 3.07. The number of rotatable bonds is 7. The monoisotopic (exact) mass is 362 g/mol. The molecule has 0 aromatic heterocycles. The highest BCUT2D eigenvalue weighted by atomic mass is 33.1. The van der Waals surface area contributed by atoms with Crippen LogP contribution in [0, 0.1) is 0 Å². The van der Waals surface area contributed by atoms with Crippen molar-refractivity contribution in [3.63, 3.8) is 0 Å². The SMILES string of the molecule is CCC(C)c1cccc(O)c1SSc1c(O)cccc1C(C)CC. The van der Waals surface area contributed by atoms with Gasteiger partial charge in [0.05, 0.1) is 9.79 Å². The van der Waals surface area contributed by atoms with Gasteiger partial charge in [-0.2, -0.15) is 0 Å². The van der Waals surface area contributed by atoms with Gasteiger partial charge < -0.3 is 10.2 Å². The van der Waals surface area contributed by atoms with E-state index in [0.717, 1.165) is 33.8 Å². The summed E-state index contributed by atoms with van der Waals surface area (Å²) in [5.74, 6) is 1.40. The van der Waals surface area contributed by atoms with E-state index in [4.69, 9.17) is 0 Å². The summed E-state index contributed by atoms with van der Waals surface area (Å²) in [5.41, 5.74) is 2.33. The van der Waals surface area contributed by atoms with Crippen molar-refractivity contribution in [2.24, 2.45) is 0 Å². The van der Waals surface area contributed by atoms with E-state index in [1.54, 1.807) is 12.1 Å². The molecular formula is C20H26O2S2. The van der Waals surface area contributed by atoms with E-state index in [1.807, 2.05) is 12.1 Å². The van der Waals surface area contributed by atoms with Crippen molar-refractivity contribution < 1.29 is 10.2 Å². The molecule has 24 heavy (non-hydrogen) atoms. The molecule has 2 atom stereocenters. The van der Waals surface area contributed by atoms with Crippen molar-refractivity contribution >= 4 is 21.6 Å². The van der Waals surface area contributed by atoms with Gasteiger partial charge in [0.15, 0.2) is 0 Å². The van der Waals surface area contributed by atoms with E-state index in [-0.39, 0.29) is 0 Å². The highest BCUT2D eigenvalue weighted by Crippen LogP contribution is 2.49. The Morgan fingerprint density at radius 2 is 1.12 bits per heavy atom. The lowest BCUT2D eigenvalue weighted by molar-refractivity contribution is 0.458. The first-order chi connectivity index (χ1) is 11.5. The molecule has 0 heterocycles. The van der Waals surface area contributed by atoms with E-state index in [9.17, 15) is 10.2 Å². The van der Waals surface area contributed by atoms with Gasteiger partial charge in [0.2, 0.25) is 0 Å². The fraction of sp³-hybridized carbons (Fsp3) is 0.400. The van der Waals surface area contributed by atoms with Crippen LogP contribution in [0.3, 0.4) is 0 Å². The molecule has 0 aliphatic heterocycles. The van der Waals surface area contributed by atoms with Crippen LogP contribution in [0.5, 0.6) is 11.5 Å². The molecule has 0 spiro atoms. The maximum atomic E-state index is 10.3. The van der Waals surface area contributed by atoms with Crippen molar-refractivity contribution in [1.82, 2.24) is 0 Å². The van der Waals surface area contributed by atoms with Crippen molar-refractivity contribution in [3.05, 3.63) is 47.5 Å². The Morgan fingerprint density at radius 3 is 1.46 bits per heavy atom. The molecule has 0 fully saturated rings. The van der Waals surface area contributed by atoms with Gasteiger partial charge in [-0.25, -0.2) is 0 Å². The highest BCUT2D eigenvalue weighted by Gasteiger charge is 2.18. The molecule has 0 saturated carbocycles. The minimum Gasteiger partial charge on any atom is -0.507 e. The zero-order chi connectivity index (χ0) is 17.7. The lowest BCUT2D eigenvalue weighted by Gasteiger charge is -2.18. The predicted octanol–water partition coefficient (Wildman–Crippen LogP) is 6.92. The third-order valence-corrected chi connectivity index (χ3v) is 7.10. The fourth-order valence-electron chi connectivity index (χ4n) is 2.57. The lowest BCUT2D eigenvalue weighted by Crippen LogP contribution is -1.95. The molecule has 2 unspecified atom stereocenters. The van der Waals surface area contributed by atoms with Crippen LogP contribution in [0.2, 0.25) is 0 Å². The first kappa shape index (κ1) is 19.1. The Kier molecular flexibility index (Phi) is 6.93. The van der Waals surface area contributed by atoms with Crippen molar-refractivity contribution in [2.75, 3.05) is 0 Å². The van der Waals surface area contributed by atoms with E-state index in [2.05, 4.69) is 39.8 Å². The molecule has 2 rings (SSSR count). The highest BCUT2D eigenvalue weighted by molar-refractivity contribution is 8.76. The molecule has 130 valence electrons. The molecule has 2 nitrogen and oxygen atoms in total. The van der Waals surface area contributed by atoms with Crippen LogP contribution in [-0.4, -0.2) is 10.2 Å². The van der Waals surface area contributed by atoms with Crippen LogP contribution >= 0.6 is 21.6 Å². The van der Waals surface area contributed by atoms with Crippen LogP contribution in [-0.2, 0) is 0 Å². The second kappa shape index (κ2) is 8.72. The van der Waals surface area contributed by atoms with Gasteiger partial charge in [-0.3, -0.25) is 0 Å². The van der Waals surface area contributed by atoms with E-state index in [0.29, 0.717) is 23.3 Å². The van der Waals surface area contributed by atoms with Gasteiger partial charge in [0.25, 0.3) is 0 Å². The molecule has 0 aliphatic rings. The summed E-state index contributed by atoms with van der Waals surface area (Å²) in [6.45, 7) is 8.66. The van der Waals surface area contributed by atoms with E-state index >= 15 is 0 Å². The number of aromatic hydroxyl groups is 2. The first-order valence-corrected chi connectivity index (χ1v) is 10.6. The van der Waals surface area contributed by atoms with Gasteiger partial charge in [-0.05, 0) is 69.5 Å². The second-order valence-corrected chi connectivity index (χ2v) is 8.33. The van der Waals surface area contributed by atoms with Crippen LogP contribution in [0.15, 0.2) is 46.2 Å². The van der Waals surface area contributed by atoms with Gasteiger partial charge in [-0.15, -0.1) is 0 Å². The van der Waals surface area contributed by atoms with Crippen LogP contribution in [0.1, 0.15) is 63.5 Å². The third kappa shape index (κ3) is 4.22. The normalized spacial score (nSPS) is 13.7. The predicted molar refractivity (Wildman–Crippen MR) is 105 cm³/mol. The van der Waals surface area contributed by atoms with Crippen molar-refractivity contribution in [3.8, 4) is 11.5 Å². The molecule has 0 aliphatic carbocycles. The number of phenolic OH excluding ortho intramolecular Hbond substituents is 2. The molecule has 2 aromatic carbocycles. The summed E-state index contributed by atoms with van der Waals surface area (Å²) >= 11 is 0. The summed E-state index contributed by atoms with van der Waals surface area (Å²) in [6.07, 6.45) is 2.05. The minimum atomic E-state index is 0.311. The van der Waals surface area contributed by atoms with E-state index < -0.39 is 0 Å². The molecule has 0 bridgehead atoms. The second-order valence-electron chi connectivity index (χ2n) is 6.18.